The smallest absolute Gasteiger partial charge is 0.179 e. The first-order valence-electron chi connectivity index (χ1n) is 6.80. The third-order valence-electron chi connectivity index (χ3n) is 3.22. The maximum absolute atomic E-state index is 6.29. The highest BCUT2D eigenvalue weighted by Gasteiger charge is 2.15. The first-order chi connectivity index (χ1) is 10.2. The van der Waals surface area contributed by atoms with Crippen LogP contribution in [0.15, 0.2) is 40.9 Å². The van der Waals surface area contributed by atoms with Crippen LogP contribution in [0.1, 0.15) is 12.0 Å². The van der Waals surface area contributed by atoms with E-state index < -0.39 is 0 Å². The van der Waals surface area contributed by atoms with Gasteiger partial charge in [0, 0.05) is 23.1 Å². The van der Waals surface area contributed by atoms with Crippen molar-refractivity contribution >= 4 is 33.2 Å². The fraction of sp³-hybridized carbons (Fsp3) is 0.250. The first-order valence-corrected chi connectivity index (χ1v) is 7.97. The lowest BCUT2D eigenvalue weighted by Crippen LogP contribution is -2.01. The van der Waals surface area contributed by atoms with Crippen molar-refractivity contribution < 1.29 is 9.47 Å². The fourth-order valence-corrected chi connectivity index (χ4v) is 2.90. The summed E-state index contributed by atoms with van der Waals surface area (Å²) in [6.45, 7) is 1.96. The molecule has 21 heavy (non-hydrogen) atoms. The normalized spacial score (nSPS) is 13.6. The molecule has 110 valence electrons. The van der Waals surface area contributed by atoms with E-state index in [9.17, 15) is 0 Å². The lowest BCUT2D eigenvalue weighted by atomic mass is 10.2. The van der Waals surface area contributed by atoms with Gasteiger partial charge in [0.1, 0.15) is 0 Å². The summed E-state index contributed by atoms with van der Waals surface area (Å²) in [5, 5.41) is 3.97. The standard InChI is InChI=1S/C16H15BrClNO2/c17-12-4-1-2-5-14(12)19-10-11-8-13(18)16-15(9-11)20-6-3-7-21-16/h1-2,4-5,8-9,19H,3,6-7,10H2. The van der Waals surface area contributed by atoms with Crippen LogP contribution in [0.3, 0.4) is 0 Å². The fourth-order valence-electron chi connectivity index (χ4n) is 2.19. The number of hydrogen-bond donors (Lipinski definition) is 1. The van der Waals surface area contributed by atoms with Gasteiger partial charge in [-0.3, -0.25) is 0 Å². The van der Waals surface area contributed by atoms with E-state index in [1.54, 1.807) is 0 Å². The molecule has 1 aliphatic heterocycles. The van der Waals surface area contributed by atoms with Gasteiger partial charge in [0.25, 0.3) is 0 Å². The Labute approximate surface area is 137 Å². The largest absolute Gasteiger partial charge is 0.489 e. The van der Waals surface area contributed by atoms with Gasteiger partial charge in [-0.2, -0.15) is 0 Å². The molecule has 0 saturated heterocycles. The van der Waals surface area contributed by atoms with Crippen LogP contribution in [0.2, 0.25) is 5.02 Å². The third-order valence-corrected chi connectivity index (χ3v) is 4.19. The van der Waals surface area contributed by atoms with Crippen molar-refractivity contribution in [2.45, 2.75) is 13.0 Å². The van der Waals surface area contributed by atoms with Crippen molar-refractivity contribution in [2.75, 3.05) is 18.5 Å². The Morgan fingerprint density at radius 3 is 2.81 bits per heavy atom. The number of fused-ring (bicyclic) bond motifs is 1. The number of benzene rings is 2. The maximum atomic E-state index is 6.29. The molecule has 0 saturated carbocycles. The van der Waals surface area contributed by atoms with Gasteiger partial charge in [0.15, 0.2) is 11.5 Å². The van der Waals surface area contributed by atoms with Crippen molar-refractivity contribution in [3.63, 3.8) is 0 Å². The predicted octanol–water partition coefficient (Wildman–Crippen LogP) is 4.88. The molecule has 0 spiro atoms. The molecule has 2 aromatic carbocycles. The average Bonchev–Trinajstić information content (AvgIpc) is 2.72. The monoisotopic (exact) mass is 367 g/mol. The number of hydrogen-bond acceptors (Lipinski definition) is 3. The van der Waals surface area contributed by atoms with Crippen LogP contribution in [-0.2, 0) is 6.54 Å². The van der Waals surface area contributed by atoms with Crippen LogP contribution in [0.25, 0.3) is 0 Å². The van der Waals surface area contributed by atoms with E-state index in [0.717, 1.165) is 27.9 Å². The Morgan fingerprint density at radius 2 is 1.95 bits per heavy atom. The number of ether oxygens (including phenoxy) is 2. The molecule has 1 heterocycles. The molecule has 1 aliphatic rings. The average molecular weight is 369 g/mol. The van der Waals surface area contributed by atoms with Crippen LogP contribution in [0, 0.1) is 0 Å². The Hall–Kier alpha value is -1.39. The number of anilines is 1. The van der Waals surface area contributed by atoms with Gasteiger partial charge in [-0.05, 0) is 45.8 Å². The van der Waals surface area contributed by atoms with Gasteiger partial charge >= 0.3 is 0 Å². The van der Waals surface area contributed by atoms with Crippen LogP contribution in [0.4, 0.5) is 5.69 Å². The second-order valence-electron chi connectivity index (χ2n) is 4.79. The molecule has 0 aromatic heterocycles. The summed E-state index contributed by atoms with van der Waals surface area (Å²) in [6, 6.07) is 11.9. The summed E-state index contributed by atoms with van der Waals surface area (Å²) in [5.74, 6) is 1.38. The quantitative estimate of drug-likeness (QED) is 0.838. The second-order valence-corrected chi connectivity index (χ2v) is 6.05. The molecule has 3 rings (SSSR count). The summed E-state index contributed by atoms with van der Waals surface area (Å²) >= 11 is 9.81. The lowest BCUT2D eigenvalue weighted by molar-refractivity contribution is 0.297. The highest BCUT2D eigenvalue weighted by Crippen LogP contribution is 2.38. The number of rotatable bonds is 3. The van der Waals surface area contributed by atoms with E-state index in [0.29, 0.717) is 30.5 Å². The molecule has 0 aliphatic carbocycles. The van der Waals surface area contributed by atoms with Crippen molar-refractivity contribution in [3.8, 4) is 11.5 Å². The lowest BCUT2D eigenvalue weighted by Gasteiger charge is -2.13. The number of nitrogens with one attached hydrogen (secondary N) is 1. The summed E-state index contributed by atoms with van der Waals surface area (Å²) in [7, 11) is 0. The van der Waals surface area contributed by atoms with Crippen LogP contribution in [-0.4, -0.2) is 13.2 Å². The van der Waals surface area contributed by atoms with Gasteiger partial charge in [0.05, 0.1) is 18.2 Å². The van der Waals surface area contributed by atoms with Gasteiger partial charge in [-0.1, -0.05) is 23.7 Å². The van der Waals surface area contributed by atoms with E-state index in [1.165, 1.54) is 0 Å². The van der Waals surface area contributed by atoms with Gasteiger partial charge in [-0.25, -0.2) is 0 Å². The highest BCUT2D eigenvalue weighted by molar-refractivity contribution is 9.10. The number of para-hydroxylation sites is 1. The van der Waals surface area contributed by atoms with E-state index in [1.807, 2.05) is 36.4 Å². The van der Waals surface area contributed by atoms with E-state index >= 15 is 0 Å². The van der Waals surface area contributed by atoms with Gasteiger partial charge < -0.3 is 14.8 Å². The first kappa shape index (κ1) is 14.5. The zero-order chi connectivity index (χ0) is 14.7. The molecule has 0 amide bonds. The van der Waals surface area contributed by atoms with E-state index in [-0.39, 0.29) is 0 Å². The van der Waals surface area contributed by atoms with E-state index in [4.69, 9.17) is 21.1 Å². The molecular formula is C16H15BrClNO2. The zero-order valence-electron chi connectivity index (χ0n) is 11.4. The molecule has 5 heteroatoms. The zero-order valence-corrected chi connectivity index (χ0v) is 13.7. The summed E-state index contributed by atoms with van der Waals surface area (Å²) in [5.41, 5.74) is 2.10. The van der Waals surface area contributed by atoms with Crippen molar-refractivity contribution in [1.82, 2.24) is 0 Å². The molecule has 0 atom stereocenters. The van der Waals surface area contributed by atoms with Gasteiger partial charge in [0.2, 0.25) is 0 Å². The second kappa shape index (κ2) is 6.58. The van der Waals surface area contributed by atoms with Crippen LogP contribution in [0.5, 0.6) is 11.5 Å². The molecule has 2 aromatic rings. The highest BCUT2D eigenvalue weighted by atomic mass is 79.9. The van der Waals surface area contributed by atoms with Crippen LogP contribution >= 0.6 is 27.5 Å². The third kappa shape index (κ3) is 3.44. The number of halogens is 2. The molecule has 0 bridgehead atoms. The molecular weight excluding hydrogens is 354 g/mol. The predicted molar refractivity (Wildman–Crippen MR) is 88.5 cm³/mol. The van der Waals surface area contributed by atoms with Crippen molar-refractivity contribution in [1.29, 1.82) is 0 Å². The summed E-state index contributed by atoms with van der Waals surface area (Å²) in [4.78, 5) is 0. The topological polar surface area (TPSA) is 30.5 Å². The SMILES string of the molecule is Clc1cc(CNc2ccccc2Br)cc2c1OCCCO2. The molecule has 1 N–H and O–H groups in total. The Morgan fingerprint density at radius 1 is 1.14 bits per heavy atom. The maximum Gasteiger partial charge on any atom is 0.179 e. The van der Waals surface area contributed by atoms with Crippen LogP contribution < -0.4 is 14.8 Å². The minimum atomic E-state index is 0.596. The molecule has 0 fully saturated rings. The summed E-state index contributed by atoms with van der Waals surface area (Å²) < 4.78 is 12.4. The summed E-state index contributed by atoms with van der Waals surface area (Å²) in [6.07, 6.45) is 0.871. The van der Waals surface area contributed by atoms with Crippen molar-refractivity contribution in [3.05, 3.63) is 51.5 Å². The van der Waals surface area contributed by atoms with Crippen molar-refractivity contribution in [2.24, 2.45) is 0 Å². The molecule has 0 radical (unpaired) electrons. The molecule has 3 nitrogen and oxygen atoms in total. The minimum Gasteiger partial charge on any atom is -0.489 e. The van der Waals surface area contributed by atoms with Gasteiger partial charge in [-0.15, -0.1) is 0 Å². The molecule has 0 unspecified atom stereocenters. The minimum absolute atomic E-state index is 0.596. The Bertz CT molecular complexity index is 648. The van der Waals surface area contributed by atoms with E-state index in [2.05, 4.69) is 21.2 Å². The Kier molecular flexibility index (Phi) is 4.56. The Balaban J connectivity index is 1.79.